The number of carbonyl (C=O) groups is 1. The molecular weight excluding hydrogens is 577 g/mol. The number of furan rings is 1. The molecule has 1 aromatic carbocycles. The van der Waals surface area contributed by atoms with Crippen LogP contribution in [0, 0.1) is 5.82 Å². The highest BCUT2D eigenvalue weighted by atomic mass is 32.1. The van der Waals surface area contributed by atoms with Crippen LogP contribution in [0.5, 0.6) is 5.75 Å². The number of amides is 1. The van der Waals surface area contributed by atoms with Crippen molar-refractivity contribution in [1.82, 2.24) is 29.0 Å². The first-order chi connectivity index (χ1) is 20.8. The van der Waals surface area contributed by atoms with Crippen LogP contribution >= 0.6 is 11.3 Å². The molecule has 13 nitrogen and oxygen atoms in total. The Morgan fingerprint density at radius 1 is 1.19 bits per heavy atom. The molecule has 15 heteroatoms. The summed E-state index contributed by atoms with van der Waals surface area (Å²) in [7, 11) is 1.77. The summed E-state index contributed by atoms with van der Waals surface area (Å²) in [6, 6.07) is 10.3. The topological polar surface area (TPSA) is 153 Å². The number of likely N-dealkylation sites (N-methyl/N-ethyl adjacent to an activating group) is 1. The fourth-order valence-electron chi connectivity index (χ4n) is 5.24. The Balaban J connectivity index is 1.06. The SMILES string of the molecule is CN(CCOc1ccc(N2CCN(CCn3c(=O)sc4c3nc(N)n3nc(-c5ccco5)cc43)CC2)c(F)c1)CC(N)=O. The number of hydrogen-bond donors (Lipinski definition) is 2. The van der Waals surface area contributed by atoms with Crippen molar-refractivity contribution in [3.63, 3.8) is 0 Å². The van der Waals surface area contributed by atoms with Crippen molar-refractivity contribution in [1.29, 1.82) is 0 Å². The van der Waals surface area contributed by atoms with E-state index in [9.17, 15) is 14.0 Å². The van der Waals surface area contributed by atoms with E-state index in [1.807, 2.05) is 17.0 Å². The van der Waals surface area contributed by atoms with E-state index in [4.69, 9.17) is 20.6 Å². The van der Waals surface area contributed by atoms with E-state index in [0.29, 0.717) is 73.4 Å². The number of halogens is 1. The predicted molar refractivity (Wildman–Crippen MR) is 162 cm³/mol. The maximum absolute atomic E-state index is 15.0. The molecule has 1 amide bonds. The molecular formula is C28H32FN9O4S. The number of piperazine rings is 1. The third-order valence-corrected chi connectivity index (χ3v) is 8.45. The molecule has 0 unspecified atom stereocenters. The van der Waals surface area contributed by atoms with E-state index >= 15 is 0 Å². The largest absolute Gasteiger partial charge is 0.492 e. The molecule has 0 radical (unpaired) electrons. The van der Waals surface area contributed by atoms with E-state index in [-0.39, 0.29) is 23.2 Å². The zero-order chi connectivity index (χ0) is 30.1. The quantitative estimate of drug-likeness (QED) is 0.226. The van der Waals surface area contributed by atoms with Crippen molar-refractivity contribution in [3.8, 4) is 17.2 Å². The lowest BCUT2D eigenvalue weighted by Crippen LogP contribution is -2.47. The number of anilines is 2. The lowest BCUT2D eigenvalue weighted by atomic mass is 10.2. The van der Waals surface area contributed by atoms with Gasteiger partial charge in [-0.15, -0.1) is 0 Å². The highest BCUT2D eigenvalue weighted by Crippen LogP contribution is 2.29. The second-order valence-electron chi connectivity index (χ2n) is 10.4. The molecule has 6 rings (SSSR count). The maximum Gasteiger partial charge on any atom is 0.309 e. The van der Waals surface area contributed by atoms with Gasteiger partial charge in [0.15, 0.2) is 11.4 Å². The van der Waals surface area contributed by atoms with Gasteiger partial charge in [0.1, 0.15) is 28.6 Å². The molecule has 0 bridgehead atoms. The van der Waals surface area contributed by atoms with Crippen LogP contribution in [0.4, 0.5) is 16.0 Å². The summed E-state index contributed by atoms with van der Waals surface area (Å²) in [5.41, 5.74) is 13.8. The number of ether oxygens (including phenoxy) is 1. The smallest absolute Gasteiger partial charge is 0.309 e. The molecule has 0 saturated carbocycles. The first-order valence-electron chi connectivity index (χ1n) is 13.9. The standard InChI is InChI=1S/C28H32FN9O4S/c1-34(17-24(30)39)12-14-41-18-4-5-21(19(29)15-18)36-9-6-35(7-10-36)8-11-37-26-25(43-28(37)40)22-16-20(23-3-2-13-42-23)33-38(22)27(31)32-26/h2-5,13,15-16H,6-12,14,17H2,1H3,(H2,30,39)(H2,31,32). The van der Waals surface area contributed by atoms with Crippen LogP contribution in [0.2, 0.25) is 0 Å². The van der Waals surface area contributed by atoms with Gasteiger partial charge in [-0.1, -0.05) is 11.3 Å². The first kappa shape index (κ1) is 28.6. The number of primary amides is 1. The molecule has 226 valence electrons. The molecule has 4 aromatic heterocycles. The summed E-state index contributed by atoms with van der Waals surface area (Å²) in [4.78, 5) is 34.4. The number of nitrogens with zero attached hydrogens (tertiary/aromatic N) is 7. The van der Waals surface area contributed by atoms with Crippen LogP contribution in [-0.4, -0.2) is 94.3 Å². The summed E-state index contributed by atoms with van der Waals surface area (Å²) in [6.45, 7) is 4.76. The molecule has 0 aliphatic carbocycles. The Hall–Kier alpha value is -4.47. The summed E-state index contributed by atoms with van der Waals surface area (Å²) in [5, 5.41) is 4.50. The van der Waals surface area contributed by atoms with Gasteiger partial charge in [0.05, 0.1) is 24.0 Å². The van der Waals surface area contributed by atoms with Gasteiger partial charge in [0.25, 0.3) is 0 Å². The number of rotatable bonds is 11. The minimum Gasteiger partial charge on any atom is -0.492 e. The Kier molecular flexibility index (Phi) is 8.01. The van der Waals surface area contributed by atoms with Gasteiger partial charge in [-0.2, -0.15) is 14.6 Å². The summed E-state index contributed by atoms with van der Waals surface area (Å²) in [5.74, 6) is 0.464. The minimum absolute atomic E-state index is 0.113. The van der Waals surface area contributed by atoms with Gasteiger partial charge >= 0.3 is 4.87 Å². The molecule has 1 aliphatic heterocycles. The van der Waals surface area contributed by atoms with Crippen LogP contribution in [0.1, 0.15) is 0 Å². The van der Waals surface area contributed by atoms with Crippen LogP contribution in [-0.2, 0) is 11.3 Å². The number of aromatic nitrogens is 4. The summed E-state index contributed by atoms with van der Waals surface area (Å²) >= 11 is 1.12. The third kappa shape index (κ3) is 6.04. The first-order valence-corrected chi connectivity index (χ1v) is 14.7. The average molecular weight is 610 g/mol. The Morgan fingerprint density at radius 3 is 2.72 bits per heavy atom. The Morgan fingerprint density at radius 2 is 2.00 bits per heavy atom. The highest BCUT2D eigenvalue weighted by Gasteiger charge is 2.22. The zero-order valence-electron chi connectivity index (χ0n) is 23.6. The van der Waals surface area contributed by atoms with Gasteiger partial charge in [-0.3, -0.25) is 24.0 Å². The normalized spacial score (nSPS) is 14.3. The van der Waals surface area contributed by atoms with E-state index in [0.717, 1.165) is 29.1 Å². The molecule has 1 aliphatic rings. The number of nitrogens with two attached hydrogens (primary N) is 2. The molecule has 5 aromatic rings. The van der Waals surface area contributed by atoms with Crippen molar-refractivity contribution < 1.29 is 18.3 Å². The van der Waals surface area contributed by atoms with Gasteiger partial charge in [-0.05, 0) is 37.4 Å². The predicted octanol–water partition coefficient (Wildman–Crippen LogP) is 1.71. The monoisotopic (exact) mass is 609 g/mol. The van der Waals surface area contributed by atoms with Crippen LogP contribution in [0.25, 0.3) is 27.3 Å². The van der Waals surface area contributed by atoms with E-state index in [1.165, 1.54) is 10.6 Å². The second kappa shape index (κ2) is 12.0. The fourth-order valence-corrected chi connectivity index (χ4v) is 6.20. The fraction of sp³-hybridized carbons (Fsp3) is 0.357. The van der Waals surface area contributed by atoms with Crippen molar-refractivity contribution in [3.05, 3.63) is 58.1 Å². The lowest BCUT2D eigenvalue weighted by molar-refractivity contribution is -0.118. The number of carbonyl (C=O) groups excluding carboxylic acids is 1. The third-order valence-electron chi connectivity index (χ3n) is 7.46. The molecule has 4 N–H and O–H groups in total. The minimum atomic E-state index is -0.411. The van der Waals surface area contributed by atoms with Gasteiger partial charge in [0, 0.05) is 51.9 Å². The lowest BCUT2D eigenvalue weighted by Gasteiger charge is -2.36. The van der Waals surface area contributed by atoms with Gasteiger partial charge < -0.3 is 25.5 Å². The molecule has 5 heterocycles. The Labute approximate surface area is 249 Å². The molecule has 43 heavy (non-hydrogen) atoms. The summed E-state index contributed by atoms with van der Waals surface area (Å²) in [6.07, 6.45) is 1.58. The van der Waals surface area contributed by atoms with Crippen molar-refractivity contribution in [2.75, 3.05) is 70.1 Å². The van der Waals surface area contributed by atoms with Crippen LogP contribution < -0.4 is 26.0 Å². The number of fused-ring (bicyclic) bond motifs is 3. The molecule has 0 atom stereocenters. The molecule has 1 fully saturated rings. The van der Waals surface area contributed by atoms with E-state index in [1.54, 1.807) is 41.0 Å². The molecule has 0 spiro atoms. The number of benzene rings is 1. The zero-order valence-corrected chi connectivity index (χ0v) is 24.4. The number of nitrogen functional groups attached to an aromatic ring is 1. The van der Waals surface area contributed by atoms with Gasteiger partial charge in [0.2, 0.25) is 11.9 Å². The van der Waals surface area contributed by atoms with E-state index < -0.39 is 5.91 Å². The maximum atomic E-state index is 15.0. The summed E-state index contributed by atoms with van der Waals surface area (Å²) < 4.78 is 30.0. The average Bonchev–Trinajstić information content (AvgIpc) is 3.72. The second-order valence-corrected chi connectivity index (χ2v) is 11.4. The Bertz CT molecular complexity index is 1810. The van der Waals surface area contributed by atoms with Crippen molar-refractivity contribution in [2.45, 2.75) is 6.54 Å². The molecule has 1 saturated heterocycles. The van der Waals surface area contributed by atoms with Crippen molar-refractivity contribution >= 4 is 44.7 Å². The highest BCUT2D eigenvalue weighted by molar-refractivity contribution is 7.17. The van der Waals surface area contributed by atoms with Crippen molar-refractivity contribution in [2.24, 2.45) is 5.73 Å². The van der Waals surface area contributed by atoms with Crippen LogP contribution in [0.3, 0.4) is 0 Å². The van der Waals surface area contributed by atoms with Gasteiger partial charge in [-0.25, -0.2) is 4.39 Å². The number of hydrogen-bond acceptors (Lipinski definition) is 11. The van der Waals surface area contributed by atoms with E-state index in [2.05, 4.69) is 15.0 Å². The van der Waals surface area contributed by atoms with Crippen LogP contribution in [0.15, 0.2) is 51.9 Å². The number of thiazole rings is 1.